The Labute approximate surface area is 167 Å². The summed E-state index contributed by atoms with van der Waals surface area (Å²) in [6.45, 7) is 0.617. The molecule has 1 aliphatic heterocycles. The Bertz CT molecular complexity index is 1210. The van der Waals surface area contributed by atoms with Gasteiger partial charge in [-0.2, -0.15) is 0 Å². The Morgan fingerprint density at radius 2 is 2.03 bits per heavy atom. The van der Waals surface area contributed by atoms with Gasteiger partial charge in [0.2, 0.25) is 5.91 Å². The molecule has 4 aromatic rings. The van der Waals surface area contributed by atoms with Crippen molar-refractivity contribution in [2.75, 3.05) is 16.8 Å². The molecule has 0 saturated carbocycles. The van der Waals surface area contributed by atoms with Crippen molar-refractivity contribution in [3.05, 3.63) is 83.9 Å². The third-order valence-electron chi connectivity index (χ3n) is 5.30. The number of carbonyl (C=O) groups is 2. The zero-order valence-corrected chi connectivity index (χ0v) is 15.6. The molecule has 0 atom stereocenters. The van der Waals surface area contributed by atoms with Gasteiger partial charge in [0.15, 0.2) is 0 Å². The number of H-pyrrole nitrogens is 1. The van der Waals surface area contributed by atoms with Crippen molar-refractivity contribution >= 4 is 34.1 Å². The standard InChI is InChI=1S/C23H19N3O3/c27-22(12-17-13-24-20-4-2-1-3-19(17)20)25-18-5-6-21-15(11-18)7-9-26(21)23(28)16-8-10-29-14-16/h1-6,8,10-11,13-14,24H,7,9,12H2,(H,25,27). The third-order valence-corrected chi connectivity index (χ3v) is 5.30. The Kier molecular flexibility index (Phi) is 4.17. The Morgan fingerprint density at radius 1 is 1.14 bits per heavy atom. The van der Waals surface area contributed by atoms with Gasteiger partial charge >= 0.3 is 0 Å². The van der Waals surface area contributed by atoms with Crippen LogP contribution in [0.15, 0.2) is 71.7 Å². The van der Waals surface area contributed by atoms with E-state index in [2.05, 4.69) is 10.3 Å². The van der Waals surface area contributed by atoms with Gasteiger partial charge in [-0.25, -0.2) is 0 Å². The molecule has 144 valence electrons. The number of hydrogen-bond donors (Lipinski definition) is 2. The molecule has 29 heavy (non-hydrogen) atoms. The number of nitrogens with zero attached hydrogens (tertiary/aromatic N) is 1. The normalized spacial score (nSPS) is 12.9. The van der Waals surface area contributed by atoms with Crippen LogP contribution in [0.5, 0.6) is 0 Å². The summed E-state index contributed by atoms with van der Waals surface area (Å²) in [7, 11) is 0. The minimum Gasteiger partial charge on any atom is -0.472 e. The van der Waals surface area contributed by atoms with Crippen molar-refractivity contribution in [1.82, 2.24) is 4.98 Å². The van der Waals surface area contributed by atoms with Crippen LogP contribution in [0.2, 0.25) is 0 Å². The number of nitrogens with one attached hydrogen (secondary N) is 2. The van der Waals surface area contributed by atoms with Crippen molar-refractivity contribution in [2.24, 2.45) is 0 Å². The van der Waals surface area contributed by atoms with Crippen LogP contribution in [0.1, 0.15) is 21.5 Å². The molecule has 0 fully saturated rings. The number of furan rings is 1. The Balaban J connectivity index is 1.30. The van der Waals surface area contributed by atoms with Crippen LogP contribution in [0.4, 0.5) is 11.4 Å². The van der Waals surface area contributed by atoms with Gasteiger partial charge < -0.3 is 19.6 Å². The number of benzene rings is 2. The van der Waals surface area contributed by atoms with Crippen molar-refractivity contribution in [3.8, 4) is 0 Å². The van der Waals surface area contributed by atoms with E-state index in [9.17, 15) is 9.59 Å². The van der Waals surface area contributed by atoms with Crippen LogP contribution in [0, 0.1) is 0 Å². The van der Waals surface area contributed by atoms with Crippen LogP contribution < -0.4 is 10.2 Å². The number of fused-ring (bicyclic) bond motifs is 2. The number of aromatic nitrogens is 1. The first-order valence-electron chi connectivity index (χ1n) is 9.51. The van der Waals surface area contributed by atoms with Crippen LogP contribution in [0.25, 0.3) is 10.9 Å². The van der Waals surface area contributed by atoms with Crippen LogP contribution in [0.3, 0.4) is 0 Å². The third kappa shape index (κ3) is 3.18. The molecule has 0 saturated heterocycles. The van der Waals surface area contributed by atoms with Crippen molar-refractivity contribution < 1.29 is 14.0 Å². The SMILES string of the molecule is O=C(Cc1c[nH]c2ccccc12)Nc1ccc2c(c1)CCN2C(=O)c1ccoc1. The number of para-hydroxylation sites is 1. The zero-order valence-electron chi connectivity index (χ0n) is 15.6. The zero-order chi connectivity index (χ0) is 19.8. The Hall–Kier alpha value is -3.80. The fourth-order valence-corrected chi connectivity index (χ4v) is 3.89. The molecule has 2 amide bonds. The number of hydrogen-bond acceptors (Lipinski definition) is 3. The lowest BCUT2D eigenvalue weighted by molar-refractivity contribution is -0.115. The first-order valence-corrected chi connectivity index (χ1v) is 9.51. The number of amides is 2. The topological polar surface area (TPSA) is 78.3 Å². The van der Waals surface area contributed by atoms with E-state index in [1.807, 2.05) is 48.7 Å². The summed E-state index contributed by atoms with van der Waals surface area (Å²) in [5, 5.41) is 4.04. The summed E-state index contributed by atoms with van der Waals surface area (Å²) in [6, 6.07) is 15.3. The van der Waals surface area contributed by atoms with Gasteiger partial charge in [-0.1, -0.05) is 18.2 Å². The van der Waals surface area contributed by atoms with Gasteiger partial charge in [-0.3, -0.25) is 9.59 Å². The minimum atomic E-state index is -0.0754. The molecular formula is C23H19N3O3. The molecular weight excluding hydrogens is 366 g/mol. The largest absolute Gasteiger partial charge is 0.472 e. The molecule has 0 bridgehead atoms. The lowest BCUT2D eigenvalue weighted by atomic mass is 10.1. The molecule has 2 aromatic heterocycles. The van der Waals surface area contributed by atoms with Crippen LogP contribution in [-0.2, 0) is 17.6 Å². The maximum atomic E-state index is 12.6. The molecule has 2 N–H and O–H groups in total. The molecule has 0 unspecified atom stereocenters. The summed E-state index contributed by atoms with van der Waals surface area (Å²) in [6.07, 6.45) is 5.89. The van der Waals surface area contributed by atoms with Gasteiger partial charge in [0, 0.05) is 35.0 Å². The second kappa shape index (κ2) is 6.98. The summed E-state index contributed by atoms with van der Waals surface area (Å²) in [5.74, 6) is -0.146. The lowest BCUT2D eigenvalue weighted by Crippen LogP contribution is -2.28. The first-order chi connectivity index (χ1) is 14.2. The van der Waals surface area contributed by atoms with E-state index in [1.54, 1.807) is 11.0 Å². The number of anilines is 2. The molecule has 0 spiro atoms. The van der Waals surface area contributed by atoms with Gasteiger partial charge in [-0.05, 0) is 47.9 Å². The van der Waals surface area contributed by atoms with Gasteiger partial charge in [-0.15, -0.1) is 0 Å². The highest BCUT2D eigenvalue weighted by Crippen LogP contribution is 2.32. The van der Waals surface area contributed by atoms with E-state index in [-0.39, 0.29) is 11.8 Å². The quantitative estimate of drug-likeness (QED) is 0.554. The molecule has 0 radical (unpaired) electrons. The smallest absolute Gasteiger partial charge is 0.261 e. The van der Waals surface area contributed by atoms with E-state index in [0.717, 1.165) is 39.8 Å². The van der Waals surface area contributed by atoms with Gasteiger partial charge in [0.1, 0.15) is 6.26 Å². The van der Waals surface area contributed by atoms with Crippen molar-refractivity contribution in [1.29, 1.82) is 0 Å². The average molecular weight is 385 g/mol. The number of carbonyl (C=O) groups excluding carboxylic acids is 2. The van der Waals surface area contributed by atoms with Crippen molar-refractivity contribution in [3.63, 3.8) is 0 Å². The average Bonchev–Trinajstić information content (AvgIpc) is 3.47. The molecule has 2 aromatic carbocycles. The second-order valence-corrected chi connectivity index (χ2v) is 7.15. The second-order valence-electron chi connectivity index (χ2n) is 7.15. The maximum Gasteiger partial charge on any atom is 0.261 e. The minimum absolute atomic E-state index is 0.0703. The van der Waals surface area contributed by atoms with Gasteiger partial charge in [0.05, 0.1) is 18.2 Å². The van der Waals surface area contributed by atoms with Gasteiger partial charge in [0.25, 0.3) is 5.91 Å². The first kappa shape index (κ1) is 17.3. The predicted molar refractivity (Wildman–Crippen MR) is 111 cm³/mol. The van der Waals surface area contributed by atoms with E-state index >= 15 is 0 Å². The van der Waals surface area contributed by atoms with Crippen molar-refractivity contribution in [2.45, 2.75) is 12.8 Å². The fourth-order valence-electron chi connectivity index (χ4n) is 3.89. The van der Waals surface area contributed by atoms with E-state index in [4.69, 9.17) is 4.42 Å². The Morgan fingerprint density at radius 3 is 2.90 bits per heavy atom. The molecule has 6 nitrogen and oxygen atoms in total. The lowest BCUT2D eigenvalue weighted by Gasteiger charge is -2.16. The maximum absolute atomic E-state index is 12.6. The summed E-state index contributed by atoms with van der Waals surface area (Å²) in [5.41, 5.74) is 5.20. The number of rotatable bonds is 4. The molecule has 0 aliphatic carbocycles. The predicted octanol–water partition coefficient (Wildman–Crippen LogP) is 4.15. The van der Waals surface area contributed by atoms with Crippen LogP contribution in [-0.4, -0.2) is 23.3 Å². The summed E-state index contributed by atoms with van der Waals surface area (Å²) in [4.78, 5) is 30.1. The van der Waals surface area contributed by atoms with Crippen LogP contribution >= 0.6 is 0 Å². The van der Waals surface area contributed by atoms with E-state index in [0.29, 0.717) is 18.5 Å². The summed E-state index contributed by atoms with van der Waals surface area (Å²) < 4.78 is 5.02. The highest BCUT2D eigenvalue weighted by atomic mass is 16.3. The number of aromatic amines is 1. The fraction of sp³-hybridized carbons (Fsp3) is 0.130. The monoisotopic (exact) mass is 385 g/mol. The molecule has 5 rings (SSSR count). The summed E-state index contributed by atoms with van der Waals surface area (Å²) >= 11 is 0. The van der Waals surface area contributed by atoms with E-state index in [1.165, 1.54) is 12.5 Å². The molecule has 1 aliphatic rings. The van der Waals surface area contributed by atoms with E-state index < -0.39 is 0 Å². The molecule has 6 heteroatoms. The molecule has 3 heterocycles. The highest BCUT2D eigenvalue weighted by molar-refractivity contribution is 6.07. The highest BCUT2D eigenvalue weighted by Gasteiger charge is 2.26.